The summed E-state index contributed by atoms with van der Waals surface area (Å²) in [4.78, 5) is 24.6. The second-order valence-corrected chi connectivity index (χ2v) is 4.31. The van der Waals surface area contributed by atoms with Gasteiger partial charge in [-0.2, -0.15) is 0 Å². The van der Waals surface area contributed by atoms with Crippen molar-refractivity contribution in [2.24, 2.45) is 0 Å². The van der Waals surface area contributed by atoms with Crippen LogP contribution in [0.25, 0.3) is 6.08 Å². The lowest BCUT2D eigenvalue weighted by atomic mass is 10.1. The maximum atomic E-state index is 11.0. The van der Waals surface area contributed by atoms with E-state index in [1.165, 1.54) is 17.6 Å². The molecule has 2 aromatic rings. The van der Waals surface area contributed by atoms with Crippen molar-refractivity contribution in [3.8, 4) is 0 Å². The average Bonchev–Trinajstić information content (AvgIpc) is 2.52. The maximum Gasteiger partial charge on any atom is 0.267 e. The number of para-hydroxylation sites is 1. The van der Waals surface area contributed by atoms with Crippen LogP contribution in [0, 0.1) is 0 Å². The summed E-state index contributed by atoms with van der Waals surface area (Å²) in [5.41, 5.74) is 3.98. The fourth-order valence-electron chi connectivity index (χ4n) is 1.76. The van der Waals surface area contributed by atoms with Crippen LogP contribution >= 0.6 is 0 Å². The first-order valence-corrected chi connectivity index (χ1v) is 6.32. The number of benzene rings is 1. The number of carbonyl (C=O) groups excluding carboxylic acids is 1. The molecular formula is C15H15N3O3. The number of aromatic amines is 1. The van der Waals surface area contributed by atoms with E-state index in [1.807, 2.05) is 24.3 Å². The van der Waals surface area contributed by atoms with E-state index in [4.69, 9.17) is 5.21 Å². The van der Waals surface area contributed by atoms with Gasteiger partial charge >= 0.3 is 0 Å². The Morgan fingerprint density at radius 1 is 1.24 bits per heavy atom. The molecule has 0 aliphatic carbocycles. The molecule has 6 heteroatoms. The van der Waals surface area contributed by atoms with Gasteiger partial charge in [0.1, 0.15) is 0 Å². The molecule has 0 aliphatic rings. The van der Waals surface area contributed by atoms with Crippen molar-refractivity contribution < 1.29 is 10.0 Å². The summed E-state index contributed by atoms with van der Waals surface area (Å²) < 4.78 is 0. The Hall–Kier alpha value is -2.86. The molecular weight excluding hydrogens is 270 g/mol. The third-order valence-corrected chi connectivity index (χ3v) is 2.82. The molecule has 1 heterocycles. The quantitative estimate of drug-likeness (QED) is 0.380. The predicted molar refractivity (Wildman–Crippen MR) is 79.8 cm³/mol. The smallest absolute Gasteiger partial charge is 0.267 e. The number of hydrogen-bond acceptors (Lipinski definition) is 4. The molecule has 0 atom stereocenters. The molecule has 0 aliphatic heterocycles. The van der Waals surface area contributed by atoms with E-state index in [1.54, 1.807) is 18.3 Å². The third kappa shape index (κ3) is 4.32. The van der Waals surface area contributed by atoms with E-state index < -0.39 is 5.91 Å². The van der Waals surface area contributed by atoms with E-state index >= 15 is 0 Å². The summed E-state index contributed by atoms with van der Waals surface area (Å²) >= 11 is 0. The maximum absolute atomic E-state index is 11.0. The van der Waals surface area contributed by atoms with Crippen molar-refractivity contribution >= 4 is 17.7 Å². The monoisotopic (exact) mass is 285 g/mol. The number of rotatable bonds is 5. The van der Waals surface area contributed by atoms with Gasteiger partial charge in [0.15, 0.2) is 0 Å². The predicted octanol–water partition coefficient (Wildman–Crippen LogP) is 1.51. The van der Waals surface area contributed by atoms with Crippen LogP contribution in [0.3, 0.4) is 0 Å². The molecule has 21 heavy (non-hydrogen) atoms. The zero-order valence-electron chi connectivity index (χ0n) is 11.2. The molecule has 0 bridgehead atoms. The van der Waals surface area contributed by atoms with Crippen molar-refractivity contribution in [3.63, 3.8) is 0 Å². The van der Waals surface area contributed by atoms with Crippen LogP contribution in [0.2, 0.25) is 0 Å². The van der Waals surface area contributed by atoms with Crippen LogP contribution in [0.15, 0.2) is 53.5 Å². The first-order valence-electron chi connectivity index (χ1n) is 6.32. The molecule has 0 spiro atoms. The molecule has 2 rings (SSSR count). The third-order valence-electron chi connectivity index (χ3n) is 2.82. The number of amides is 1. The second kappa shape index (κ2) is 7.06. The molecule has 1 amide bonds. The Labute approximate surface area is 121 Å². The molecule has 0 unspecified atom stereocenters. The highest BCUT2D eigenvalue weighted by Crippen LogP contribution is 2.17. The minimum Gasteiger partial charge on any atom is -0.380 e. The molecule has 108 valence electrons. The van der Waals surface area contributed by atoms with Gasteiger partial charge in [-0.05, 0) is 23.3 Å². The summed E-state index contributed by atoms with van der Waals surface area (Å²) in [6.45, 7) is 0.536. The molecule has 1 aromatic heterocycles. The highest BCUT2D eigenvalue weighted by Gasteiger charge is 2.00. The Morgan fingerprint density at radius 3 is 2.76 bits per heavy atom. The number of carbonyl (C=O) groups is 1. The van der Waals surface area contributed by atoms with Crippen molar-refractivity contribution in [2.75, 3.05) is 5.32 Å². The van der Waals surface area contributed by atoms with Crippen LogP contribution < -0.4 is 16.4 Å². The Balaban J connectivity index is 2.09. The van der Waals surface area contributed by atoms with Crippen LogP contribution in [0.1, 0.15) is 11.1 Å². The number of H-pyrrole nitrogens is 1. The van der Waals surface area contributed by atoms with Gasteiger partial charge in [-0.3, -0.25) is 14.8 Å². The lowest BCUT2D eigenvalue weighted by molar-refractivity contribution is -0.124. The molecule has 1 aromatic carbocycles. The van der Waals surface area contributed by atoms with Gasteiger partial charge < -0.3 is 10.3 Å². The zero-order valence-corrected chi connectivity index (χ0v) is 11.2. The topological polar surface area (TPSA) is 94.2 Å². The molecule has 0 fully saturated rings. The van der Waals surface area contributed by atoms with E-state index in [9.17, 15) is 9.59 Å². The van der Waals surface area contributed by atoms with Gasteiger partial charge in [-0.25, -0.2) is 5.48 Å². The normalized spacial score (nSPS) is 10.5. The molecule has 6 nitrogen and oxygen atoms in total. The molecule has 0 radical (unpaired) electrons. The lowest BCUT2D eigenvalue weighted by Crippen LogP contribution is -2.14. The van der Waals surface area contributed by atoms with Gasteiger partial charge in [0.2, 0.25) is 5.56 Å². The Bertz CT molecular complexity index is 687. The zero-order chi connectivity index (χ0) is 15.1. The summed E-state index contributed by atoms with van der Waals surface area (Å²) in [5, 5.41) is 11.7. The molecule has 4 N–H and O–H groups in total. The van der Waals surface area contributed by atoms with Crippen LogP contribution in [-0.2, 0) is 11.3 Å². The van der Waals surface area contributed by atoms with Gasteiger partial charge in [-0.15, -0.1) is 0 Å². The van der Waals surface area contributed by atoms with Gasteiger partial charge in [-0.1, -0.05) is 24.3 Å². The summed E-state index contributed by atoms with van der Waals surface area (Å²) in [6.07, 6.45) is 4.48. The van der Waals surface area contributed by atoms with Crippen LogP contribution in [0.4, 0.5) is 5.69 Å². The van der Waals surface area contributed by atoms with E-state index in [0.717, 1.165) is 16.8 Å². The lowest BCUT2D eigenvalue weighted by Gasteiger charge is -2.09. The number of nitrogens with one attached hydrogen (secondary N) is 3. The van der Waals surface area contributed by atoms with Gasteiger partial charge in [0.25, 0.3) is 5.91 Å². The Morgan fingerprint density at radius 2 is 2.05 bits per heavy atom. The van der Waals surface area contributed by atoms with Crippen LogP contribution in [0.5, 0.6) is 0 Å². The van der Waals surface area contributed by atoms with Crippen LogP contribution in [-0.4, -0.2) is 16.1 Å². The highest BCUT2D eigenvalue weighted by atomic mass is 16.5. The first kappa shape index (κ1) is 14.5. The van der Waals surface area contributed by atoms with E-state index in [0.29, 0.717) is 6.54 Å². The number of aromatic nitrogens is 1. The molecule has 0 saturated heterocycles. The van der Waals surface area contributed by atoms with E-state index in [-0.39, 0.29) is 5.56 Å². The summed E-state index contributed by atoms with van der Waals surface area (Å²) in [7, 11) is 0. The standard InChI is InChI=1S/C15H15N3O3/c19-14-7-5-11(10-17-14)9-16-13-4-2-1-3-12(13)6-8-15(20)18-21/h1-8,10,16,21H,9H2,(H,17,19)(H,18,20)/b8-6+. The number of hydroxylamine groups is 1. The van der Waals surface area contributed by atoms with Crippen molar-refractivity contribution in [1.29, 1.82) is 0 Å². The second-order valence-electron chi connectivity index (χ2n) is 4.31. The molecule has 0 saturated carbocycles. The van der Waals surface area contributed by atoms with Crippen molar-refractivity contribution in [1.82, 2.24) is 10.5 Å². The SMILES string of the molecule is O=C(/C=C/c1ccccc1NCc1ccc(=O)[nH]c1)NO. The Kier molecular flexibility index (Phi) is 4.89. The number of hydrogen-bond donors (Lipinski definition) is 4. The highest BCUT2D eigenvalue weighted by molar-refractivity contribution is 5.91. The number of anilines is 1. The van der Waals surface area contributed by atoms with Gasteiger partial charge in [0.05, 0.1) is 0 Å². The fourth-order valence-corrected chi connectivity index (χ4v) is 1.76. The van der Waals surface area contributed by atoms with Crippen molar-refractivity contribution in [2.45, 2.75) is 6.54 Å². The fraction of sp³-hybridized carbons (Fsp3) is 0.0667. The number of pyridine rings is 1. The van der Waals surface area contributed by atoms with Crippen molar-refractivity contribution in [3.05, 3.63) is 70.2 Å². The minimum absolute atomic E-state index is 0.142. The minimum atomic E-state index is -0.592. The summed E-state index contributed by atoms with van der Waals surface area (Å²) in [6, 6.07) is 10.6. The summed E-state index contributed by atoms with van der Waals surface area (Å²) in [5.74, 6) is -0.592. The first-order chi connectivity index (χ1) is 10.2. The average molecular weight is 285 g/mol. The van der Waals surface area contributed by atoms with Gasteiger partial charge in [0, 0.05) is 30.6 Å². The largest absolute Gasteiger partial charge is 0.380 e. The van der Waals surface area contributed by atoms with E-state index in [2.05, 4.69) is 10.3 Å².